The largest absolute Gasteiger partial charge is 0.390 e. The third kappa shape index (κ3) is 2.62. The maximum absolute atomic E-state index is 5.27. The van der Waals surface area contributed by atoms with Crippen LogP contribution in [0, 0.1) is 0 Å². The minimum absolute atomic E-state index is 0.501. The first-order chi connectivity index (χ1) is 8.36. The van der Waals surface area contributed by atoms with Crippen molar-refractivity contribution in [3.8, 4) is 0 Å². The lowest BCUT2D eigenvalue weighted by Crippen LogP contribution is -2.13. The molecule has 17 heavy (non-hydrogen) atoms. The number of hydrogen-bond acceptors (Lipinski definition) is 5. The SMILES string of the molecule is CCN=C(ON)C1=C(c2ccccc2)NCS1. The molecule has 0 saturated carbocycles. The van der Waals surface area contributed by atoms with E-state index < -0.39 is 0 Å². The van der Waals surface area contributed by atoms with Crippen molar-refractivity contribution in [3.63, 3.8) is 0 Å². The Bertz CT molecular complexity index is 442. The smallest absolute Gasteiger partial charge is 0.248 e. The van der Waals surface area contributed by atoms with E-state index in [2.05, 4.69) is 10.3 Å². The van der Waals surface area contributed by atoms with Crippen molar-refractivity contribution in [2.45, 2.75) is 6.92 Å². The van der Waals surface area contributed by atoms with E-state index in [9.17, 15) is 0 Å². The van der Waals surface area contributed by atoms with E-state index in [0.29, 0.717) is 12.4 Å². The number of thioether (sulfide) groups is 1. The van der Waals surface area contributed by atoms with Gasteiger partial charge in [0, 0.05) is 6.54 Å². The van der Waals surface area contributed by atoms with Crippen molar-refractivity contribution in [1.82, 2.24) is 5.32 Å². The Balaban J connectivity index is 2.39. The number of hydrogen-bond donors (Lipinski definition) is 2. The first kappa shape index (κ1) is 12.0. The van der Waals surface area contributed by atoms with Crippen LogP contribution < -0.4 is 11.2 Å². The molecule has 5 heteroatoms. The summed E-state index contributed by atoms with van der Waals surface area (Å²) < 4.78 is 0. The van der Waals surface area contributed by atoms with Crippen molar-refractivity contribution in [2.75, 3.05) is 12.4 Å². The maximum Gasteiger partial charge on any atom is 0.248 e. The molecule has 0 atom stereocenters. The van der Waals surface area contributed by atoms with Gasteiger partial charge in [0.15, 0.2) is 0 Å². The molecule has 4 nitrogen and oxygen atoms in total. The maximum atomic E-state index is 5.27. The van der Waals surface area contributed by atoms with Crippen LogP contribution >= 0.6 is 11.8 Å². The van der Waals surface area contributed by atoms with Gasteiger partial charge in [-0.05, 0) is 12.5 Å². The molecule has 0 unspecified atom stereocenters. The predicted molar refractivity (Wildman–Crippen MR) is 72.2 cm³/mol. The Morgan fingerprint density at radius 1 is 1.47 bits per heavy atom. The molecule has 0 fully saturated rings. The summed E-state index contributed by atoms with van der Waals surface area (Å²) in [4.78, 5) is 10.1. The fraction of sp³-hybridized carbons (Fsp3) is 0.250. The summed E-state index contributed by atoms with van der Waals surface area (Å²) in [5, 5.41) is 3.32. The Hall–Kier alpha value is -1.46. The lowest BCUT2D eigenvalue weighted by molar-refractivity contribution is 0.322. The molecule has 0 saturated heterocycles. The molecule has 90 valence electrons. The van der Waals surface area contributed by atoms with Crippen LogP contribution in [-0.2, 0) is 4.84 Å². The topological polar surface area (TPSA) is 59.6 Å². The van der Waals surface area contributed by atoms with E-state index in [1.54, 1.807) is 11.8 Å². The van der Waals surface area contributed by atoms with Gasteiger partial charge in [-0.15, -0.1) is 0 Å². The molecule has 1 aromatic rings. The molecule has 1 heterocycles. The van der Waals surface area contributed by atoms with Crippen molar-refractivity contribution in [2.24, 2.45) is 10.9 Å². The van der Waals surface area contributed by atoms with Crippen LogP contribution in [0.5, 0.6) is 0 Å². The van der Waals surface area contributed by atoms with Crippen molar-refractivity contribution in [3.05, 3.63) is 40.8 Å². The van der Waals surface area contributed by atoms with Gasteiger partial charge in [0.2, 0.25) is 5.90 Å². The summed E-state index contributed by atoms with van der Waals surface area (Å²) in [5.41, 5.74) is 2.15. The van der Waals surface area contributed by atoms with E-state index in [1.165, 1.54) is 0 Å². The normalized spacial score (nSPS) is 16.0. The first-order valence-electron chi connectivity index (χ1n) is 5.44. The lowest BCUT2D eigenvalue weighted by atomic mass is 10.1. The van der Waals surface area contributed by atoms with Crippen LogP contribution in [0.1, 0.15) is 12.5 Å². The van der Waals surface area contributed by atoms with Crippen LogP contribution in [0.4, 0.5) is 0 Å². The number of nitrogens with zero attached hydrogens (tertiary/aromatic N) is 1. The van der Waals surface area contributed by atoms with E-state index >= 15 is 0 Å². The zero-order chi connectivity index (χ0) is 12.1. The molecule has 1 aromatic carbocycles. The van der Waals surface area contributed by atoms with Crippen molar-refractivity contribution >= 4 is 23.4 Å². The fourth-order valence-electron chi connectivity index (χ4n) is 1.65. The predicted octanol–water partition coefficient (Wildman–Crippen LogP) is 1.96. The quantitative estimate of drug-likeness (QED) is 0.488. The van der Waals surface area contributed by atoms with Gasteiger partial charge in [-0.1, -0.05) is 42.1 Å². The summed E-state index contributed by atoms with van der Waals surface area (Å²) in [6, 6.07) is 10.1. The average Bonchev–Trinajstić information content (AvgIpc) is 2.86. The number of nitrogens with two attached hydrogens (primary N) is 1. The van der Waals surface area contributed by atoms with Crippen LogP contribution in [0.25, 0.3) is 5.70 Å². The third-order valence-electron chi connectivity index (χ3n) is 2.36. The minimum Gasteiger partial charge on any atom is -0.390 e. The summed E-state index contributed by atoms with van der Waals surface area (Å²) >= 11 is 1.65. The monoisotopic (exact) mass is 249 g/mol. The highest BCUT2D eigenvalue weighted by atomic mass is 32.2. The van der Waals surface area contributed by atoms with Crippen molar-refractivity contribution in [1.29, 1.82) is 0 Å². The van der Waals surface area contributed by atoms with Gasteiger partial charge in [0.05, 0.1) is 16.5 Å². The van der Waals surface area contributed by atoms with Crippen LogP contribution in [0.3, 0.4) is 0 Å². The third-order valence-corrected chi connectivity index (χ3v) is 3.32. The van der Waals surface area contributed by atoms with E-state index in [-0.39, 0.29) is 0 Å². The molecule has 3 N–H and O–H groups in total. The average molecular weight is 249 g/mol. The van der Waals surface area contributed by atoms with Crippen LogP contribution in [0.15, 0.2) is 40.2 Å². The zero-order valence-corrected chi connectivity index (χ0v) is 10.5. The van der Waals surface area contributed by atoms with E-state index in [1.807, 2.05) is 37.3 Å². The molecule has 0 radical (unpaired) electrons. The van der Waals surface area contributed by atoms with Gasteiger partial charge in [0.25, 0.3) is 0 Å². The number of aliphatic imine (C=N–C) groups is 1. The molecular formula is C12H15N3OS. The molecule has 2 rings (SSSR count). The minimum atomic E-state index is 0.501. The summed E-state index contributed by atoms with van der Waals surface area (Å²) in [7, 11) is 0. The van der Waals surface area contributed by atoms with E-state index in [4.69, 9.17) is 10.7 Å². The molecule has 0 bridgehead atoms. The summed E-state index contributed by atoms with van der Waals surface area (Å²) in [5.74, 6) is 6.59. The summed E-state index contributed by atoms with van der Waals surface area (Å²) in [6.07, 6.45) is 0. The van der Waals surface area contributed by atoms with Crippen LogP contribution in [0.2, 0.25) is 0 Å². The van der Waals surface area contributed by atoms with Gasteiger partial charge >= 0.3 is 0 Å². The Morgan fingerprint density at radius 3 is 2.88 bits per heavy atom. The molecule has 0 spiro atoms. The summed E-state index contributed by atoms with van der Waals surface area (Å²) in [6.45, 7) is 2.60. The van der Waals surface area contributed by atoms with Gasteiger partial charge in [-0.25, -0.2) is 4.99 Å². The van der Waals surface area contributed by atoms with E-state index in [0.717, 1.165) is 22.0 Å². The van der Waals surface area contributed by atoms with Gasteiger partial charge in [0.1, 0.15) is 0 Å². The first-order valence-corrected chi connectivity index (χ1v) is 6.43. The highest BCUT2D eigenvalue weighted by molar-refractivity contribution is 8.04. The van der Waals surface area contributed by atoms with Crippen molar-refractivity contribution < 1.29 is 4.84 Å². The number of rotatable bonds is 3. The van der Waals surface area contributed by atoms with Gasteiger partial charge < -0.3 is 10.2 Å². The standard InChI is InChI=1S/C12H15N3OS/c1-2-14-12(16-13)11-10(15-8-17-11)9-6-4-3-5-7-9/h3-7,15H,2,8,13H2,1H3. The molecule has 0 amide bonds. The molecule has 0 aromatic heterocycles. The number of benzene rings is 1. The van der Waals surface area contributed by atoms with Crippen LogP contribution in [-0.4, -0.2) is 18.3 Å². The molecule has 1 aliphatic heterocycles. The second-order valence-electron chi connectivity index (χ2n) is 3.43. The van der Waals surface area contributed by atoms with Gasteiger partial charge in [-0.3, -0.25) is 0 Å². The van der Waals surface area contributed by atoms with Gasteiger partial charge in [-0.2, -0.15) is 5.90 Å². The Labute approximate surface area is 105 Å². The lowest BCUT2D eigenvalue weighted by Gasteiger charge is -2.07. The molecule has 1 aliphatic rings. The molecular weight excluding hydrogens is 234 g/mol. The highest BCUT2D eigenvalue weighted by Crippen LogP contribution is 2.31. The fourth-order valence-corrected chi connectivity index (χ4v) is 2.58. The second kappa shape index (κ2) is 5.75. The highest BCUT2D eigenvalue weighted by Gasteiger charge is 2.21. The second-order valence-corrected chi connectivity index (χ2v) is 4.42. The molecule has 0 aliphatic carbocycles. The zero-order valence-electron chi connectivity index (χ0n) is 9.64. The number of nitrogens with one attached hydrogen (secondary N) is 1. The Morgan fingerprint density at radius 2 is 2.24 bits per heavy atom. The Kier molecular flexibility index (Phi) is 4.06.